The van der Waals surface area contributed by atoms with Gasteiger partial charge in [-0.1, -0.05) is 42.5 Å². The number of ether oxygens (including phenoxy) is 3. The van der Waals surface area contributed by atoms with Crippen LogP contribution in [0.2, 0.25) is 0 Å². The number of hydrogen-bond acceptors (Lipinski definition) is 4. The number of hydrogen-bond donors (Lipinski definition) is 0. The van der Waals surface area contributed by atoms with Crippen molar-refractivity contribution in [2.75, 3.05) is 27.9 Å². The minimum Gasteiger partial charge on any atom is -0.493 e. The SMILES string of the molecule is COCc1ccc(C(=O)N2CCc3cc(OC)c(OC)cc3C2c2ccccc2)cc1. The Morgan fingerprint density at radius 1 is 0.935 bits per heavy atom. The zero-order chi connectivity index (χ0) is 21.8. The Hall–Kier alpha value is -3.31. The molecule has 0 saturated carbocycles. The highest BCUT2D eigenvalue weighted by atomic mass is 16.5. The molecule has 0 spiro atoms. The molecule has 3 aromatic carbocycles. The van der Waals surface area contributed by atoms with E-state index in [9.17, 15) is 4.79 Å². The molecule has 3 aromatic rings. The van der Waals surface area contributed by atoms with Crippen molar-refractivity contribution in [1.82, 2.24) is 4.90 Å². The van der Waals surface area contributed by atoms with Crippen LogP contribution in [-0.2, 0) is 17.8 Å². The van der Waals surface area contributed by atoms with E-state index < -0.39 is 0 Å². The quantitative estimate of drug-likeness (QED) is 0.586. The average Bonchev–Trinajstić information content (AvgIpc) is 2.83. The van der Waals surface area contributed by atoms with E-state index in [1.54, 1.807) is 21.3 Å². The number of benzene rings is 3. The third kappa shape index (κ3) is 4.14. The zero-order valence-electron chi connectivity index (χ0n) is 18.1. The Morgan fingerprint density at radius 2 is 1.61 bits per heavy atom. The lowest BCUT2D eigenvalue weighted by Crippen LogP contribution is -2.40. The van der Waals surface area contributed by atoms with E-state index in [1.165, 1.54) is 5.56 Å². The van der Waals surface area contributed by atoms with E-state index in [2.05, 4.69) is 12.1 Å². The molecular formula is C26H27NO4. The number of methoxy groups -OCH3 is 3. The summed E-state index contributed by atoms with van der Waals surface area (Å²) in [6.07, 6.45) is 0.756. The van der Waals surface area contributed by atoms with Gasteiger partial charge in [0.25, 0.3) is 5.91 Å². The number of carbonyl (C=O) groups is 1. The Bertz CT molecular complexity index is 1050. The highest BCUT2D eigenvalue weighted by molar-refractivity contribution is 5.95. The fourth-order valence-corrected chi connectivity index (χ4v) is 4.24. The Kier molecular flexibility index (Phi) is 6.23. The molecule has 4 rings (SSSR count). The maximum absolute atomic E-state index is 13.6. The van der Waals surface area contributed by atoms with Crippen molar-refractivity contribution in [3.63, 3.8) is 0 Å². The van der Waals surface area contributed by atoms with Gasteiger partial charge in [-0.25, -0.2) is 0 Å². The molecule has 0 radical (unpaired) electrons. The molecule has 160 valence electrons. The summed E-state index contributed by atoms with van der Waals surface area (Å²) >= 11 is 0. The summed E-state index contributed by atoms with van der Waals surface area (Å²) in [5, 5.41) is 0. The lowest BCUT2D eigenvalue weighted by atomic mass is 9.87. The molecule has 0 bridgehead atoms. The van der Waals surface area contributed by atoms with Crippen LogP contribution in [0.4, 0.5) is 0 Å². The number of nitrogens with zero attached hydrogens (tertiary/aromatic N) is 1. The van der Waals surface area contributed by atoms with Crippen LogP contribution in [0.1, 0.15) is 38.7 Å². The second-order valence-corrected chi connectivity index (χ2v) is 7.60. The van der Waals surface area contributed by atoms with E-state index in [0.29, 0.717) is 30.2 Å². The first kappa shape index (κ1) is 20.9. The summed E-state index contributed by atoms with van der Waals surface area (Å²) in [6, 6.07) is 21.6. The summed E-state index contributed by atoms with van der Waals surface area (Å²) < 4.78 is 16.2. The highest BCUT2D eigenvalue weighted by Gasteiger charge is 2.33. The number of fused-ring (bicyclic) bond motifs is 1. The van der Waals surface area contributed by atoms with Crippen molar-refractivity contribution in [3.8, 4) is 11.5 Å². The predicted molar refractivity (Wildman–Crippen MR) is 120 cm³/mol. The lowest BCUT2D eigenvalue weighted by Gasteiger charge is -2.38. The fraction of sp³-hybridized carbons (Fsp3) is 0.269. The first-order valence-corrected chi connectivity index (χ1v) is 10.3. The van der Waals surface area contributed by atoms with Crippen molar-refractivity contribution in [2.24, 2.45) is 0 Å². The summed E-state index contributed by atoms with van der Waals surface area (Å²) in [4.78, 5) is 15.5. The van der Waals surface area contributed by atoms with Crippen LogP contribution in [0.3, 0.4) is 0 Å². The van der Waals surface area contributed by atoms with Gasteiger partial charge in [0.15, 0.2) is 11.5 Å². The molecule has 0 fully saturated rings. The summed E-state index contributed by atoms with van der Waals surface area (Å²) in [5.74, 6) is 1.39. The second kappa shape index (κ2) is 9.23. The number of carbonyl (C=O) groups excluding carboxylic acids is 1. The van der Waals surface area contributed by atoms with Gasteiger partial charge in [0.2, 0.25) is 0 Å². The van der Waals surface area contributed by atoms with E-state index in [0.717, 1.165) is 23.1 Å². The van der Waals surface area contributed by atoms with Gasteiger partial charge in [-0.3, -0.25) is 4.79 Å². The molecule has 1 amide bonds. The largest absolute Gasteiger partial charge is 0.493 e. The van der Waals surface area contributed by atoms with Crippen LogP contribution in [-0.4, -0.2) is 38.7 Å². The molecule has 0 aliphatic carbocycles. The van der Waals surface area contributed by atoms with Gasteiger partial charge in [0.05, 0.1) is 26.9 Å². The maximum atomic E-state index is 13.6. The van der Waals surface area contributed by atoms with Gasteiger partial charge < -0.3 is 19.1 Å². The first-order chi connectivity index (χ1) is 15.2. The molecule has 1 atom stereocenters. The topological polar surface area (TPSA) is 48.0 Å². The molecule has 31 heavy (non-hydrogen) atoms. The van der Waals surface area contributed by atoms with Gasteiger partial charge in [-0.05, 0) is 52.9 Å². The van der Waals surface area contributed by atoms with Crippen molar-refractivity contribution < 1.29 is 19.0 Å². The molecule has 1 aliphatic heterocycles. The van der Waals surface area contributed by atoms with E-state index in [1.807, 2.05) is 59.5 Å². The number of amides is 1. The first-order valence-electron chi connectivity index (χ1n) is 10.3. The van der Waals surface area contributed by atoms with E-state index in [-0.39, 0.29) is 11.9 Å². The molecule has 1 aliphatic rings. The monoisotopic (exact) mass is 417 g/mol. The minimum absolute atomic E-state index is 0.0123. The molecule has 5 heteroatoms. The van der Waals surface area contributed by atoms with Gasteiger partial charge in [-0.15, -0.1) is 0 Å². The minimum atomic E-state index is -0.198. The molecule has 1 unspecified atom stereocenters. The van der Waals surface area contributed by atoms with E-state index >= 15 is 0 Å². The van der Waals surface area contributed by atoms with Gasteiger partial charge in [0, 0.05) is 19.2 Å². The maximum Gasteiger partial charge on any atom is 0.254 e. The van der Waals surface area contributed by atoms with Crippen molar-refractivity contribution in [2.45, 2.75) is 19.1 Å². The van der Waals surface area contributed by atoms with Crippen molar-refractivity contribution >= 4 is 5.91 Å². The van der Waals surface area contributed by atoms with Crippen molar-refractivity contribution in [1.29, 1.82) is 0 Å². The summed E-state index contributed by atoms with van der Waals surface area (Å²) in [7, 11) is 4.94. The molecule has 0 saturated heterocycles. The average molecular weight is 418 g/mol. The van der Waals surface area contributed by atoms with Gasteiger partial charge in [-0.2, -0.15) is 0 Å². The smallest absolute Gasteiger partial charge is 0.254 e. The standard InChI is InChI=1S/C26H27NO4/c1-29-17-18-9-11-20(12-10-18)26(28)27-14-13-21-15-23(30-2)24(31-3)16-22(21)25(27)19-7-5-4-6-8-19/h4-12,15-16,25H,13-14,17H2,1-3H3. The van der Waals surface area contributed by atoms with Crippen LogP contribution in [0.15, 0.2) is 66.7 Å². The summed E-state index contributed by atoms with van der Waals surface area (Å²) in [6.45, 7) is 1.15. The van der Waals surface area contributed by atoms with Gasteiger partial charge >= 0.3 is 0 Å². The second-order valence-electron chi connectivity index (χ2n) is 7.60. The van der Waals surface area contributed by atoms with Crippen LogP contribution in [0, 0.1) is 0 Å². The molecule has 0 N–H and O–H groups in total. The third-order valence-corrected chi connectivity index (χ3v) is 5.76. The van der Waals surface area contributed by atoms with Crippen LogP contribution in [0.25, 0.3) is 0 Å². The lowest BCUT2D eigenvalue weighted by molar-refractivity contribution is 0.0694. The van der Waals surface area contributed by atoms with Crippen LogP contribution < -0.4 is 9.47 Å². The molecule has 5 nitrogen and oxygen atoms in total. The Morgan fingerprint density at radius 3 is 2.26 bits per heavy atom. The normalized spacial score (nSPS) is 15.3. The molecular weight excluding hydrogens is 390 g/mol. The van der Waals surface area contributed by atoms with E-state index in [4.69, 9.17) is 14.2 Å². The Balaban J connectivity index is 1.77. The molecule has 1 heterocycles. The zero-order valence-corrected chi connectivity index (χ0v) is 18.1. The predicted octanol–water partition coefficient (Wildman–Crippen LogP) is 4.64. The van der Waals surface area contributed by atoms with Crippen LogP contribution in [0.5, 0.6) is 11.5 Å². The fourth-order valence-electron chi connectivity index (χ4n) is 4.24. The Labute approximate surface area is 183 Å². The van der Waals surface area contributed by atoms with Crippen LogP contribution >= 0.6 is 0 Å². The van der Waals surface area contributed by atoms with Gasteiger partial charge in [0.1, 0.15) is 0 Å². The summed E-state index contributed by atoms with van der Waals surface area (Å²) in [5.41, 5.74) is 5.02. The third-order valence-electron chi connectivity index (χ3n) is 5.76. The number of rotatable bonds is 6. The molecule has 0 aromatic heterocycles. The van der Waals surface area contributed by atoms with Crippen molar-refractivity contribution in [3.05, 3.63) is 94.5 Å². The highest BCUT2D eigenvalue weighted by Crippen LogP contribution is 2.41.